The first kappa shape index (κ1) is 54.1. The standard InChI is InChI=1S/C23H22FN9O.C15H12N4O.C8H12FN5O.3CH4/c24-21-15-27-23(30-22(21)32-8-10-34-11-9-32)31-28-14-18-4-5-19(13-26-18)29-17-2-1-3-20(12-17)33-7-6-25-16-33;20-10-14-5-4-13(9-17-14)18-12-2-1-3-15(8-12)19-7-6-16-11-19;9-6-5-11-8(13-10)12-7(6)14-1-3-15-4-2-14;;;/h1-7,12-16,29H,8-11H2,(H,27,30,31);1-11,18H;5H,1-4,10H2,(H,11,12,13);3*1H4/b28-14+;;;;;. The van der Waals surface area contributed by atoms with Gasteiger partial charge in [0.05, 0.1) is 87.2 Å². The van der Waals surface area contributed by atoms with Crippen LogP contribution in [0.25, 0.3) is 11.4 Å². The monoisotopic (exact) mass is 984 g/mol. The molecule has 0 spiro atoms. The van der Waals surface area contributed by atoms with Gasteiger partial charge in [0.25, 0.3) is 0 Å². The van der Waals surface area contributed by atoms with Gasteiger partial charge in [-0.1, -0.05) is 34.4 Å². The lowest BCUT2D eigenvalue weighted by Crippen LogP contribution is -2.37. The van der Waals surface area contributed by atoms with Crippen molar-refractivity contribution in [2.24, 2.45) is 10.9 Å². The smallest absolute Gasteiger partial charge is 0.245 e. The van der Waals surface area contributed by atoms with Gasteiger partial charge >= 0.3 is 0 Å². The maximum absolute atomic E-state index is 14.1. The van der Waals surface area contributed by atoms with Gasteiger partial charge < -0.3 is 39.0 Å². The van der Waals surface area contributed by atoms with E-state index < -0.39 is 11.6 Å². The zero-order valence-electron chi connectivity index (χ0n) is 36.9. The Morgan fingerprint density at radius 1 is 0.597 bits per heavy atom. The Kier molecular flexibility index (Phi) is 20.6. The summed E-state index contributed by atoms with van der Waals surface area (Å²) in [5.41, 5.74) is 11.6. The normalized spacial score (nSPS) is 12.8. The van der Waals surface area contributed by atoms with Crippen molar-refractivity contribution in [3.05, 3.63) is 158 Å². The summed E-state index contributed by atoms with van der Waals surface area (Å²) in [5.74, 6) is 5.15. The van der Waals surface area contributed by atoms with Crippen molar-refractivity contribution >= 4 is 58.8 Å². The number of carbonyl (C=O) groups is 1. The molecule has 2 aliphatic rings. The third kappa shape index (κ3) is 15.1. The van der Waals surface area contributed by atoms with E-state index in [1.807, 2.05) is 93.2 Å². The van der Waals surface area contributed by atoms with Crippen LogP contribution in [0, 0.1) is 11.6 Å². The summed E-state index contributed by atoms with van der Waals surface area (Å²) in [4.78, 5) is 46.5. The second-order valence-electron chi connectivity index (χ2n) is 14.8. The summed E-state index contributed by atoms with van der Waals surface area (Å²) < 4.78 is 41.9. The van der Waals surface area contributed by atoms with E-state index in [9.17, 15) is 13.6 Å². The highest BCUT2D eigenvalue weighted by atomic mass is 19.1. The number of hydrogen-bond acceptors (Lipinski definition) is 19. The highest BCUT2D eigenvalue weighted by Crippen LogP contribution is 2.22. The summed E-state index contributed by atoms with van der Waals surface area (Å²) in [6.45, 7) is 4.64. The number of halogens is 2. The first-order valence-corrected chi connectivity index (χ1v) is 21.4. The Morgan fingerprint density at radius 3 is 1.53 bits per heavy atom. The fourth-order valence-corrected chi connectivity index (χ4v) is 6.74. The Morgan fingerprint density at radius 2 is 1.08 bits per heavy atom. The molecule has 2 aromatic carbocycles. The second kappa shape index (κ2) is 27.4. The van der Waals surface area contributed by atoms with Gasteiger partial charge in [-0.2, -0.15) is 15.1 Å². The van der Waals surface area contributed by atoms with Gasteiger partial charge in [0.2, 0.25) is 11.9 Å². The van der Waals surface area contributed by atoms with Gasteiger partial charge in [0.1, 0.15) is 5.69 Å². The molecule has 2 saturated heterocycles. The number of nitrogens with one attached hydrogen (secondary N) is 4. The van der Waals surface area contributed by atoms with Gasteiger partial charge in [-0.05, 0) is 60.7 Å². The molecular formula is C49H58F2N18O3. The highest BCUT2D eigenvalue weighted by Gasteiger charge is 2.19. The number of carbonyl (C=O) groups excluding carboxylic acids is 1. The molecule has 10 rings (SSSR count). The highest BCUT2D eigenvalue weighted by molar-refractivity contribution is 5.78. The van der Waals surface area contributed by atoms with Crippen LogP contribution < -0.4 is 37.1 Å². The van der Waals surface area contributed by atoms with Crippen molar-refractivity contribution < 1.29 is 23.0 Å². The van der Waals surface area contributed by atoms with E-state index >= 15 is 0 Å². The average Bonchev–Trinajstić information content (AvgIpc) is 4.16. The lowest BCUT2D eigenvalue weighted by atomic mass is 10.2. The quantitative estimate of drug-likeness (QED) is 0.0322. The van der Waals surface area contributed by atoms with Crippen LogP contribution in [0.5, 0.6) is 0 Å². The lowest BCUT2D eigenvalue weighted by Gasteiger charge is -2.27. The molecule has 0 radical (unpaired) electrons. The number of hydrogen-bond donors (Lipinski definition) is 5. The molecule has 0 bridgehead atoms. The first-order chi connectivity index (χ1) is 33.9. The molecule has 2 fully saturated rings. The molecule has 0 unspecified atom stereocenters. The second-order valence-corrected chi connectivity index (χ2v) is 14.8. The molecule has 21 nitrogen and oxygen atoms in total. The van der Waals surface area contributed by atoms with Crippen molar-refractivity contribution in [3.63, 3.8) is 0 Å². The minimum absolute atomic E-state index is 0. The Bertz CT molecular complexity index is 2880. The number of anilines is 8. The number of aldehydes is 1. The van der Waals surface area contributed by atoms with Gasteiger partial charge in [-0.3, -0.25) is 20.2 Å². The molecule has 0 amide bonds. The maximum Gasteiger partial charge on any atom is 0.245 e. The van der Waals surface area contributed by atoms with Gasteiger partial charge in [0.15, 0.2) is 29.6 Å². The fraction of sp³-hybridized carbons (Fsp3) is 0.224. The third-order valence-electron chi connectivity index (χ3n) is 10.1. The van der Waals surface area contributed by atoms with Crippen LogP contribution in [-0.2, 0) is 9.47 Å². The summed E-state index contributed by atoms with van der Waals surface area (Å²) in [5, 5.41) is 10.7. The lowest BCUT2D eigenvalue weighted by molar-refractivity contribution is 0.111. The molecule has 23 heteroatoms. The van der Waals surface area contributed by atoms with E-state index in [1.54, 1.807) is 54.6 Å². The molecule has 8 heterocycles. The van der Waals surface area contributed by atoms with Crippen molar-refractivity contribution in [3.8, 4) is 11.4 Å². The number of nitrogen functional groups attached to an aromatic ring is 1. The number of pyridine rings is 2. The number of nitrogens with zero attached hydrogens (tertiary/aromatic N) is 13. The van der Waals surface area contributed by atoms with Crippen molar-refractivity contribution in [1.82, 2.24) is 49.0 Å². The zero-order chi connectivity index (χ0) is 47.6. The zero-order valence-corrected chi connectivity index (χ0v) is 36.9. The number of benzene rings is 2. The van der Waals surface area contributed by atoms with E-state index in [0.717, 1.165) is 52.8 Å². The van der Waals surface area contributed by atoms with Gasteiger partial charge in [-0.15, -0.1) is 0 Å². The number of hydrazone groups is 1. The molecule has 6 N–H and O–H groups in total. The molecule has 6 aromatic heterocycles. The van der Waals surface area contributed by atoms with Crippen molar-refractivity contribution in [2.45, 2.75) is 22.3 Å². The number of rotatable bonds is 13. The van der Waals surface area contributed by atoms with E-state index in [1.165, 1.54) is 0 Å². The molecule has 2 aliphatic heterocycles. The van der Waals surface area contributed by atoms with E-state index in [0.29, 0.717) is 64.0 Å². The maximum atomic E-state index is 14.1. The molecule has 8 aromatic rings. The van der Waals surface area contributed by atoms with Crippen LogP contribution in [-0.4, -0.2) is 114 Å². The Hall–Kier alpha value is -8.80. The fourth-order valence-electron chi connectivity index (χ4n) is 6.74. The molecule has 0 aliphatic carbocycles. The number of nitrogens with two attached hydrogens (primary N) is 1. The number of imidazole rings is 2. The number of aromatic nitrogens is 10. The Balaban J connectivity index is 0.000000216. The van der Waals surface area contributed by atoms with Crippen LogP contribution >= 0.6 is 0 Å². The molecular weight excluding hydrogens is 927 g/mol. The molecule has 0 atom stereocenters. The summed E-state index contributed by atoms with van der Waals surface area (Å²) in [7, 11) is 0. The van der Waals surface area contributed by atoms with E-state index in [-0.39, 0.29) is 45.8 Å². The number of ether oxygens (including phenoxy) is 2. The minimum Gasteiger partial charge on any atom is -0.378 e. The van der Waals surface area contributed by atoms with E-state index in [2.05, 4.69) is 66.5 Å². The van der Waals surface area contributed by atoms with Crippen molar-refractivity contribution in [2.75, 3.05) is 83.9 Å². The largest absolute Gasteiger partial charge is 0.378 e. The summed E-state index contributed by atoms with van der Waals surface area (Å²) in [6, 6.07) is 23.2. The SMILES string of the molecule is C.C.C.Fc1cnc(N/N=C/c2ccc(Nc3cccc(-n4ccnc4)c3)cn2)nc1N1CCOCC1.NNc1ncc(F)c(N2CCOCC2)n1.O=Cc1ccc(Nc2cccc(-n3ccnc3)c2)cn1. The predicted molar refractivity (Wildman–Crippen MR) is 277 cm³/mol. The van der Waals surface area contributed by atoms with Gasteiger partial charge in [0, 0.05) is 73.7 Å². The molecule has 0 saturated carbocycles. The van der Waals surface area contributed by atoms with Gasteiger partial charge in [-0.25, -0.2) is 40.0 Å². The van der Waals surface area contributed by atoms with Crippen LogP contribution in [0.4, 0.5) is 55.1 Å². The summed E-state index contributed by atoms with van der Waals surface area (Å²) >= 11 is 0. The van der Waals surface area contributed by atoms with E-state index in [4.69, 9.17) is 15.3 Å². The van der Waals surface area contributed by atoms with Crippen LogP contribution in [0.15, 0.2) is 140 Å². The minimum atomic E-state index is -0.475. The molecule has 376 valence electrons. The topological polar surface area (TPSA) is 241 Å². The predicted octanol–water partition coefficient (Wildman–Crippen LogP) is 7.69. The van der Waals surface area contributed by atoms with Crippen LogP contribution in [0.1, 0.15) is 38.5 Å². The first-order valence-electron chi connectivity index (χ1n) is 21.4. The number of morpholine rings is 2. The van der Waals surface area contributed by atoms with Crippen molar-refractivity contribution in [1.29, 1.82) is 0 Å². The number of hydrazine groups is 1. The van der Waals surface area contributed by atoms with Crippen LogP contribution in [0.2, 0.25) is 0 Å². The third-order valence-corrected chi connectivity index (χ3v) is 10.1. The molecule has 72 heavy (non-hydrogen) atoms. The summed E-state index contributed by atoms with van der Waals surface area (Å²) in [6.07, 6.45) is 18.6. The Labute approximate surface area is 416 Å². The average molecular weight is 985 g/mol. The van der Waals surface area contributed by atoms with Crippen LogP contribution in [0.3, 0.4) is 0 Å².